The molecule has 0 aromatic heterocycles. The van der Waals surface area contributed by atoms with Crippen molar-refractivity contribution in [2.45, 2.75) is 99.0 Å². The van der Waals surface area contributed by atoms with Crippen molar-refractivity contribution in [1.29, 1.82) is 0 Å². The van der Waals surface area contributed by atoms with Crippen molar-refractivity contribution in [3.63, 3.8) is 0 Å². The van der Waals surface area contributed by atoms with E-state index in [1.807, 2.05) is 0 Å². The van der Waals surface area contributed by atoms with E-state index in [4.69, 9.17) is 28.4 Å². The molecule has 3 saturated heterocycles. The van der Waals surface area contributed by atoms with Gasteiger partial charge in [0.2, 0.25) is 0 Å². The first-order valence-electron chi connectivity index (χ1n) is 13.8. The molecule has 16 heteroatoms. The lowest BCUT2D eigenvalue weighted by atomic mass is 9.96. The fourth-order valence-electron chi connectivity index (χ4n) is 5.07. The third-order valence-electron chi connectivity index (χ3n) is 7.59. The predicted molar refractivity (Wildman–Crippen MR) is 141 cm³/mol. The molecule has 16 nitrogen and oxygen atoms in total. The zero-order chi connectivity index (χ0) is 31.4. The summed E-state index contributed by atoms with van der Waals surface area (Å²) in [5.41, 5.74) is 0.765. The standard InChI is InChI=1S/C27H40O16/c1-11-23(42-27-20(35)18(33)16(31)14(9-28)41-27)19(34)21(36)26(39-11)43-24-17(32)15(10-29)40-25(22(24)37)38-8-2-3-12-4-6-13(30)7-5-12/h2-7,11,14-37H,8-10H2,1H3/t11-,14+,15+,16+,17+,18-,19-,20+,21+,22+,23-,24-,25+,26-,27-/m0/s1. The minimum Gasteiger partial charge on any atom is -0.508 e. The molecule has 4 rings (SSSR count). The maximum Gasteiger partial charge on any atom is 0.187 e. The fraction of sp³-hybridized carbons (Fsp3) is 0.704. The second-order valence-corrected chi connectivity index (χ2v) is 10.6. The van der Waals surface area contributed by atoms with E-state index < -0.39 is 105 Å². The lowest BCUT2D eigenvalue weighted by Crippen LogP contribution is -2.66. The van der Waals surface area contributed by atoms with Crippen LogP contribution in [-0.2, 0) is 28.4 Å². The SMILES string of the molecule is C[C@@H]1O[C@@H](O[C@@H]2[C@@H](O)[C@H](OCC=Cc3ccc(O)cc3)O[C@H](CO)[C@H]2O)[C@H](O)[C@H](O)[C@H]1O[C@@H]1O[C@H](CO)[C@@H](O)[C@H](O)[C@H]1O. The van der Waals surface area contributed by atoms with Gasteiger partial charge in [0.1, 0.15) is 72.9 Å². The summed E-state index contributed by atoms with van der Waals surface area (Å²) in [5, 5.41) is 102. The highest BCUT2D eigenvalue weighted by Gasteiger charge is 2.52. The normalized spacial score (nSPS) is 44.1. The second kappa shape index (κ2) is 15.0. The van der Waals surface area contributed by atoms with E-state index >= 15 is 0 Å². The van der Waals surface area contributed by atoms with Gasteiger partial charge in [0.15, 0.2) is 18.9 Å². The molecule has 0 bridgehead atoms. The van der Waals surface area contributed by atoms with Crippen LogP contribution in [0.5, 0.6) is 5.75 Å². The summed E-state index contributed by atoms with van der Waals surface area (Å²) >= 11 is 0. The quantitative estimate of drug-likeness (QED) is 0.119. The Morgan fingerprint density at radius 3 is 1.86 bits per heavy atom. The summed E-state index contributed by atoms with van der Waals surface area (Å²) in [4.78, 5) is 0. The molecule has 3 heterocycles. The van der Waals surface area contributed by atoms with Crippen molar-refractivity contribution in [3.8, 4) is 5.75 Å². The van der Waals surface area contributed by atoms with Gasteiger partial charge in [0, 0.05) is 0 Å². The van der Waals surface area contributed by atoms with E-state index in [-0.39, 0.29) is 12.4 Å². The van der Waals surface area contributed by atoms with Gasteiger partial charge >= 0.3 is 0 Å². The number of aliphatic hydroxyl groups is 9. The topological polar surface area (TPSA) is 258 Å². The molecule has 15 atom stereocenters. The Morgan fingerprint density at radius 2 is 1.21 bits per heavy atom. The molecule has 0 spiro atoms. The summed E-state index contributed by atoms with van der Waals surface area (Å²) in [7, 11) is 0. The smallest absolute Gasteiger partial charge is 0.187 e. The Hall–Kier alpha value is -1.84. The lowest BCUT2D eigenvalue weighted by molar-refractivity contribution is -0.376. The fourth-order valence-corrected chi connectivity index (χ4v) is 5.07. The Labute approximate surface area is 246 Å². The molecule has 0 aliphatic carbocycles. The van der Waals surface area contributed by atoms with Crippen molar-refractivity contribution in [1.82, 2.24) is 0 Å². The Bertz CT molecular complexity index is 1020. The van der Waals surface area contributed by atoms with E-state index in [0.717, 1.165) is 5.56 Å². The van der Waals surface area contributed by atoms with E-state index in [1.54, 1.807) is 24.3 Å². The van der Waals surface area contributed by atoms with Gasteiger partial charge < -0.3 is 79.5 Å². The van der Waals surface area contributed by atoms with Crippen LogP contribution in [0.4, 0.5) is 0 Å². The summed E-state index contributed by atoms with van der Waals surface area (Å²) in [6, 6.07) is 6.36. The van der Waals surface area contributed by atoms with Crippen LogP contribution in [0.2, 0.25) is 0 Å². The Morgan fingerprint density at radius 1 is 0.651 bits per heavy atom. The van der Waals surface area contributed by atoms with E-state index in [2.05, 4.69) is 0 Å². The second-order valence-electron chi connectivity index (χ2n) is 10.6. The van der Waals surface area contributed by atoms with Crippen molar-refractivity contribution < 1.29 is 79.5 Å². The van der Waals surface area contributed by atoms with Crippen molar-refractivity contribution in [3.05, 3.63) is 35.9 Å². The van der Waals surface area contributed by atoms with E-state index in [1.165, 1.54) is 19.1 Å². The zero-order valence-corrected chi connectivity index (χ0v) is 23.2. The van der Waals surface area contributed by atoms with Crippen LogP contribution >= 0.6 is 0 Å². The minimum absolute atomic E-state index is 0.0567. The lowest BCUT2D eigenvalue weighted by Gasteiger charge is -2.47. The summed E-state index contributed by atoms with van der Waals surface area (Å²) in [6.45, 7) is 0.00435. The molecule has 10 N–H and O–H groups in total. The Balaban J connectivity index is 1.38. The minimum atomic E-state index is -1.83. The highest BCUT2D eigenvalue weighted by molar-refractivity contribution is 5.50. The predicted octanol–water partition coefficient (Wildman–Crippen LogP) is -4.10. The monoisotopic (exact) mass is 620 g/mol. The number of ether oxygens (including phenoxy) is 6. The van der Waals surface area contributed by atoms with E-state index in [0.29, 0.717) is 0 Å². The highest BCUT2D eigenvalue weighted by atomic mass is 16.8. The third-order valence-corrected chi connectivity index (χ3v) is 7.59. The molecular formula is C27H40O16. The molecule has 0 radical (unpaired) electrons. The van der Waals surface area contributed by atoms with Gasteiger partial charge in [-0.15, -0.1) is 0 Å². The van der Waals surface area contributed by atoms with Crippen molar-refractivity contribution >= 4 is 6.08 Å². The molecule has 3 fully saturated rings. The molecule has 1 aromatic rings. The first kappa shape index (κ1) is 34.0. The molecule has 43 heavy (non-hydrogen) atoms. The average molecular weight is 621 g/mol. The number of phenols is 1. The van der Waals surface area contributed by atoms with Crippen LogP contribution in [0.1, 0.15) is 12.5 Å². The number of benzene rings is 1. The van der Waals surface area contributed by atoms with Crippen LogP contribution in [0.15, 0.2) is 30.3 Å². The van der Waals surface area contributed by atoms with E-state index in [9.17, 15) is 51.1 Å². The maximum absolute atomic E-state index is 10.9. The number of aromatic hydroxyl groups is 1. The number of aliphatic hydroxyl groups excluding tert-OH is 9. The van der Waals surface area contributed by atoms with Crippen LogP contribution in [0.3, 0.4) is 0 Å². The van der Waals surface area contributed by atoms with Gasteiger partial charge in [-0.25, -0.2) is 0 Å². The van der Waals surface area contributed by atoms with Crippen LogP contribution in [0, 0.1) is 0 Å². The van der Waals surface area contributed by atoms with Crippen LogP contribution in [0.25, 0.3) is 6.08 Å². The molecule has 0 unspecified atom stereocenters. The summed E-state index contributed by atoms with van der Waals surface area (Å²) < 4.78 is 33.3. The maximum atomic E-state index is 10.9. The zero-order valence-electron chi connectivity index (χ0n) is 23.2. The molecule has 3 aliphatic rings. The highest BCUT2D eigenvalue weighted by Crippen LogP contribution is 2.32. The van der Waals surface area contributed by atoms with Crippen LogP contribution in [-0.4, -0.2) is 163 Å². The summed E-state index contributed by atoms with van der Waals surface area (Å²) in [6.07, 6.45) is -19.7. The van der Waals surface area contributed by atoms with Gasteiger partial charge in [-0.1, -0.05) is 24.3 Å². The largest absolute Gasteiger partial charge is 0.508 e. The average Bonchev–Trinajstić information content (AvgIpc) is 2.99. The first-order valence-corrected chi connectivity index (χ1v) is 13.8. The van der Waals surface area contributed by atoms with Gasteiger partial charge in [-0.2, -0.15) is 0 Å². The molecule has 1 aromatic carbocycles. The molecule has 0 saturated carbocycles. The van der Waals surface area contributed by atoms with Gasteiger partial charge in [-0.05, 0) is 24.6 Å². The Kier molecular flexibility index (Phi) is 11.8. The van der Waals surface area contributed by atoms with Crippen molar-refractivity contribution in [2.75, 3.05) is 19.8 Å². The first-order chi connectivity index (χ1) is 20.5. The van der Waals surface area contributed by atoms with Gasteiger partial charge in [0.05, 0.1) is 25.9 Å². The third kappa shape index (κ3) is 7.70. The molecule has 0 amide bonds. The number of phenolic OH excluding ortho intramolecular Hbond substituents is 1. The molecule has 3 aliphatic heterocycles. The molecule has 244 valence electrons. The van der Waals surface area contributed by atoms with Crippen LogP contribution < -0.4 is 0 Å². The number of rotatable bonds is 10. The van der Waals surface area contributed by atoms with Crippen molar-refractivity contribution in [2.24, 2.45) is 0 Å². The summed E-state index contributed by atoms with van der Waals surface area (Å²) in [5.74, 6) is 0.109. The van der Waals surface area contributed by atoms with Gasteiger partial charge in [0.25, 0.3) is 0 Å². The number of hydrogen-bond donors (Lipinski definition) is 10. The number of hydrogen-bond acceptors (Lipinski definition) is 16. The van der Waals surface area contributed by atoms with Gasteiger partial charge in [-0.3, -0.25) is 0 Å². The molecular weight excluding hydrogens is 580 g/mol.